The van der Waals surface area contributed by atoms with Gasteiger partial charge in [0.1, 0.15) is 5.82 Å². The lowest BCUT2D eigenvalue weighted by Crippen LogP contribution is -2.19. The zero-order chi connectivity index (χ0) is 13.1. The summed E-state index contributed by atoms with van der Waals surface area (Å²) >= 11 is 0. The number of hydrogen-bond acceptors (Lipinski definition) is 5. The highest BCUT2D eigenvalue weighted by Gasteiger charge is 2.08. The lowest BCUT2D eigenvalue weighted by Gasteiger charge is -2.05. The van der Waals surface area contributed by atoms with Crippen LogP contribution in [-0.2, 0) is 4.74 Å². The summed E-state index contributed by atoms with van der Waals surface area (Å²) in [5, 5.41) is 0. The van der Waals surface area contributed by atoms with Crippen LogP contribution in [0.1, 0.15) is 10.4 Å². The lowest BCUT2D eigenvalue weighted by molar-refractivity contribution is 0.0600. The van der Waals surface area contributed by atoms with Crippen molar-refractivity contribution in [1.29, 1.82) is 0 Å². The molecule has 0 atom stereocenters. The monoisotopic (exact) mass is 245 g/mol. The van der Waals surface area contributed by atoms with Gasteiger partial charge in [0, 0.05) is 12.3 Å². The summed E-state index contributed by atoms with van der Waals surface area (Å²) in [6, 6.07) is 5.95. The summed E-state index contributed by atoms with van der Waals surface area (Å²) in [7, 11) is 1.26. The van der Waals surface area contributed by atoms with Gasteiger partial charge >= 0.3 is 5.97 Å². The topological polar surface area (TPSA) is 87.2 Å². The van der Waals surface area contributed by atoms with Gasteiger partial charge in [0.15, 0.2) is 0 Å². The number of rotatable bonds is 2. The summed E-state index contributed by atoms with van der Waals surface area (Å²) in [4.78, 5) is 27.1. The largest absolute Gasteiger partial charge is 0.465 e. The lowest BCUT2D eigenvalue weighted by atomic mass is 10.2. The molecule has 0 fully saturated rings. The molecule has 0 radical (unpaired) electrons. The number of carbonyl (C=O) groups is 1. The Bertz CT molecular complexity index is 632. The molecule has 6 nitrogen and oxygen atoms in total. The molecule has 0 aliphatic rings. The third kappa shape index (κ3) is 2.22. The van der Waals surface area contributed by atoms with Crippen LogP contribution in [0.5, 0.6) is 0 Å². The number of nitrogens with two attached hydrogens (primary N) is 1. The molecule has 0 saturated heterocycles. The van der Waals surface area contributed by atoms with Gasteiger partial charge in [0.2, 0.25) is 0 Å². The van der Waals surface area contributed by atoms with Gasteiger partial charge in [0.25, 0.3) is 5.56 Å². The molecule has 92 valence electrons. The number of esters is 1. The number of carbonyl (C=O) groups excluding carboxylic acids is 1. The zero-order valence-corrected chi connectivity index (χ0v) is 9.66. The third-order valence-electron chi connectivity index (χ3n) is 2.36. The molecule has 0 unspecified atom stereocenters. The van der Waals surface area contributed by atoms with Crippen LogP contribution in [0.2, 0.25) is 0 Å². The fourth-order valence-electron chi connectivity index (χ4n) is 1.45. The standard InChI is InChI=1S/C12H11N3O3/c1-18-12(17)8-4-5-15(11(16)6-8)10-3-2-9(13)7-14-10/h2-7H,13H2,1H3. The first-order valence-electron chi connectivity index (χ1n) is 5.15. The van der Waals surface area contributed by atoms with Gasteiger partial charge in [-0.3, -0.25) is 9.36 Å². The third-order valence-corrected chi connectivity index (χ3v) is 2.36. The number of nitrogen functional groups attached to an aromatic ring is 1. The summed E-state index contributed by atoms with van der Waals surface area (Å²) in [6.07, 6.45) is 2.92. The van der Waals surface area contributed by atoms with Crippen LogP contribution in [-0.4, -0.2) is 22.6 Å². The minimum Gasteiger partial charge on any atom is -0.465 e. The van der Waals surface area contributed by atoms with E-state index in [4.69, 9.17) is 5.73 Å². The Morgan fingerprint density at radius 1 is 1.39 bits per heavy atom. The number of methoxy groups -OCH3 is 1. The second-order valence-electron chi connectivity index (χ2n) is 3.56. The van der Waals surface area contributed by atoms with Crippen molar-refractivity contribution < 1.29 is 9.53 Å². The minimum absolute atomic E-state index is 0.203. The molecular weight excluding hydrogens is 234 g/mol. The van der Waals surface area contributed by atoms with Crippen LogP contribution in [0, 0.1) is 0 Å². The van der Waals surface area contributed by atoms with Crippen LogP contribution in [0.25, 0.3) is 5.82 Å². The fraction of sp³-hybridized carbons (Fsp3) is 0.0833. The summed E-state index contributed by atoms with van der Waals surface area (Å²) in [5.74, 6) is -0.116. The fourth-order valence-corrected chi connectivity index (χ4v) is 1.45. The van der Waals surface area contributed by atoms with Crippen LogP contribution < -0.4 is 11.3 Å². The van der Waals surface area contributed by atoms with E-state index in [-0.39, 0.29) is 11.1 Å². The SMILES string of the molecule is COC(=O)c1ccn(-c2ccc(N)cn2)c(=O)c1. The zero-order valence-electron chi connectivity index (χ0n) is 9.66. The number of hydrogen-bond donors (Lipinski definition) is 1. The normalized spacial score (nSPS) is 10.1. The average Bonchev–Trinajstić information content (AvgIpc) is 2.39. The highest BCUT2D eigenvalue weighted by molar-refractivity contribution is 5.89. The van der Waals surface area contributed by atoms with Crippen molar-refractivity contribution in [2.24, 2.45) is 0 Å². The molecule has 2 aromatic rings. The van der Waals surface area contributed by atoms with Crippen LogP contribution in [0.4, 0.5) is 5.69 Å². The van der Waals surface area contributed by atoms with E-state index in [1.165, 1.54) is 36.2 Å². The second kappa shape index (κ2) is 4.70. The van der Waals surface area contributed by atoms with Gasteiger partial charge in [-0.2, -0.15) is 0 Å². The Morgan fingerprint density at radius 2 is 2.17 bits per heavy atom. The van der Waals surface area contributed by atoms with E-state index in [2.05, 4.69) is 9.72 Å². The molecular formula is C12H11N3O3. The van der Waals surface area contributed by atoms with Crippen LogP contribution >= 0.6 is 0 Å². The van der Waals surface area contributed by atoms with Gasteiger partial charge in [-0.15, -0.1) is 0 Å². The van der Waals surface area contributed by atoms with Gasteiger partial charge in [-0.05, 0) is 18.2 Å². The molecule has 0 spiro atoms. The molecule has 2 aromatic heterocycles. The minimum atomic E-state index is -0.551. The molecule has 18 heavy (non-hydrogen) atoms. The Hall–Kier alpha value is -2.63. The van der Waals surface area contributed by atoms with E-state index < -0.39 is 5.97 Å². The number of nitrogens with zero attached hydrogens (tertiary/aromatic N) is 2. The van der Waals surface area contributed by atoms with E-state index in [0.717, 1.165) is 0 Å². The van der Waals surface area contributed by atoms with E-state index in [0.29, 0.717) is 11.5 Å². The average molecular weight is 245 g/mol. The van der Waals surface area contributed by atoms with E-state index >= 15 is 0 Å². The Kier molecular flexibility index (Phi) is 3.09. The molecule has 0 saturated carbocycles. The van der Waals surface area contributed by atoms with E-state index in [9.17, 15) is 9.59 Å². The molecule has 0 aliphatic heterocycles. The quantitative estimate of drug-likeness (QED) is 0.783. The molecule has 2 heterocycles. The van der Waals surface area contributed by atoms with Gasteiger partial charge in [-0.1, -0.05) is 0 Å². The molecule has 0 amide bonds. The van der Waals surface area contributed by atoms with E-state index in [1.54, 1.807) is 12.1 Å². The smallest absolute Gasteiger partial charge is 0.338 e. The molecule has 2 rings (SSSR count). The van der Waals surface area contributed by atoms with E-state index in [1.807, 2.05) is 0 Å². The van der Waals surface area contributed by atoms with Gasteiger partial charge in [-0.25, -0.2) is 9.78 Å². The highest BCUT2D eigenvalue weighted by Crippen LogP contribution is 2.05. The van der Waals surface area contributed by atoms with Crippen molar-refractivity contribution >= 4 is 11.7 Å². The first-order chi connectivity index (χ1) is 8.61. The Balaban J connectivity index is 2.45. The van der Waals surface area contributed by atoms with Crippen LogP contribution in [0.3, 0.4) is 0 Å². The van der Waals surface area contributed by atoms with Crippen molar-refractivity contribution in [3.05, 3.63) is 52.6 Å². The number of pyridine rings is 2. The predicted molar refractivity (Wildman–Crippen MR) is 65.6 cm³/mol. The first-order valence-corrected chi connectivity index (χ1v) is 5.15. The van der Waals surface area contributed by atoms with Crippen molar-refractivity contribution in [3.63, 3.8) is 0 Å². The maximum absolute atomic E-state index is 11.8. The molecule has 6 heteroatoms. The summed E-state index contributed by atoms with van der Waals surface area (Å²) in [6.45, 7) is 0. The Morgan fingerprint density at radius 3 is 2.72 bits per heavy atom. The van der Waals surface area contributed by atoms with Crippen molar-refractivity contribution in [3.8, 4) is 5.82 Å². The Labute approximate surface area is 103 Å². The molecule has 0 aliphatic carbocycles. The van der Waals surface area contributed by atoms with Crippen LogP contribution in [0.15, 0.2) is 41.5 Å². The van der Waals surface area contributed by atoms with Gasteiger partial charge in [0.05, 0.1) is 24.6 Å². The summed E-state index contributed by atoms with van der Waals surface area (Å²) < 4.78 is 5.84. The maximum Gasteiger partial charge on any atom is 0.338 e. The van der Waals surface area contributed by atoms with Gasteiger partial charge < -0.3 is 10.5 Å². The highest BCUT2D eigenvalue weighted by atomic mass is 16.5. The second-order valence-corrected chi connectivity index (χ2v) is 3.56. The predicted octanol–water partition coefficient (Wildman–Crippen LogP) is 0.601. The first kappa shape index (κ1) is 11.8. The maximum atomic E-state index is 11.8. The molecule has 2 N–H and O–H groups in total. The number of anilines is 1. The number of aromatic nitrogens is 2. The molecule has 0 aromatic carbocycles. The van der Waals surface area contributed by atoms with Crippen molar-refractivity contribution in [1.82, 2.24) is 9.55 Å². The molecule has 0 bridgehead atoms. The van der Waals surface area contributed by atoms with Crippen molar-refractivity contribution in [2.45, 2.75) is 0 Å². The number of ether oxygens (including phenoxy) is 1. The summed E-state index contributed by atoms with van der Waals surface area (Å²) in [5.41, 5.74) is 5.86. The van der Waals surface area contributed by atoms with Crippen molar-refractivity contribution in [2.75, 3.05) is 12.8 Å².